The van der Waals surface area contributed by atoms with Gasteiger partial charge in [-0.15, -0.1) is 0 Å². The second-order valence-electron chi connectivity index (χ2n) is 5.07. The van der Waals surface area contributed by atoms with Crippen LogP contribution >= 0.6 is 0 Å². The number of carbonyl (C=O) groups is 1. The van der Waals surface area contributed by atoms with Crippen LogP contribution in [0.3, 0.4) is 0 Å². The van der Waals surface area contributed by atoms with Gasteiger partial charge in [0.2, 0.25) is 0 Å². The lowest BCUT2D eigenvalue weighted by atomic mass is 10.0. The van der Waals surface area contributed by atoms with Gasteiger partial charge < -0.3 is 15.7 Å². The molecule has 3 N–H and O–H groups in total. The van der Waals surface area contributed by atoms with Gasteiger partial charge in [-0.2, -0.15) is 0 Å². The molecule has 0 aliphatic carbocycles. The molecule has 7 nitrogen and oxygen atoms in total. The topological polar surface area (TPSA) is 110 Å². The molecular weight excluding hydrogens is 262 g/mol. The molecule has 0 spiro atoms. The highest BCUT2D eigenvalue weighted by atomic mass is 16.6. The van der Waals surface area contributed by atoms with Crippen LogP contribution in [0.1, 0.15) is 23.7 Å². The first-order valence-corrected chi connectivity index (χ1v) is 6.41. The minimum absolute atomic E-state index is 0.0406. The first-order chi connectivity index (χ1) is 9.40. The van der Waals surface area contributed by atoms with Crippen molar-refractivity contribution in [1.82, 2.24) is 4.90 Å². The number of aliphatic hydroxyl groups is 1. The van der Waals surface area contributed by atoms with E-state index in [0.717, 1.165) is 6.42 Å². The maximum absolute atomic E-state index is 12.4. The van der Waals surface area contributed by atoms with Gasteiger partial charge in [-0.1, -0.05) is 0 Å². The molecule has 0 saturated carbocycles. The number of aliphatic hydroxyl groups excluding tert-OH is 1. The molecule has 2 rings (SSSR count). The predicted molar refractivity (Wildman–Crippen MR) is 73.2 cm³/mol. The SMILES string of the molecule is CC(O)C1CCN(C(=O)c2cc([N+](=O)[O-])ccc2N)C1. The molecule has 2 atom stereocenters. The van der Waals surface area contributed by atoms with E-state index in [0.29, 0.717) is 13.1 Å². The summed E-state index contributed by atoms with van der Waals surface area (Å²) >= 11 is 0. The lowest BCUT2D eigenvalue weighted by Gasteiger charge is -2.18. The highest BCUT2D eigenvalue weighted by Crippen LogP contribution is 2.25. The lowest BCUT2D eigenvalue weighted by Crippen LogP contribution is -2.31. The Bertz CT molecular complexity index is 544. The van der Waals surface area contributed by atoms with Crippen LogP contribution in [0.2, 0.25) is 0 Å². The summed E-state index contributed by atoms with van der Waals surface area (Å²) in [5.41, 5.74) is 5.94. The quantitative estimate of drug-likeness (QED) is 0.487. The molecular formula is C13H17N3O4. The maximum atomic E-state index is 12.4. The zero-order chi connectivity index (χ0) is 14.9. The number of nitrogens with zero attached hydrogens (tertiary/aromatic N) is 2. The highest BCUT2D eigenvalue weighted by Gasteiger charge is 2.30. The molecule has 0 bridgehead atoms. The summed E-state index contributed by atoms with van der Waals surface area (Å²) in [5, 5.41) is 20.3. The van der Waals surface area contributed by atoms with Crippen LogP contribution in [0.15, 0.2) is 18.2 Å². The van der Waals surface area contributed by atoms with Gasteiger partial charge in [0.25, 0.3) is 11.6 Å². The van der Waals surface area contributed by atoms with E-state index in [1.165, 1.54) is 18.2 Å². The zero-order valence-electron chi connectivity index (χ0n) is 11.2. The maximum Gasteiger partial charge on any atom is 0.270 e. The Morgan fingerprint density at radius 1 is 1.60 bits per heavy atom. The first-order valence-electron chi connectivity index (χ1n) is 6.41. The summed E-state index contributed by atoms with van der Waals surface area (Å²) in [6, 6.07) is 3.84. The molecule has 1 saturated heterocycles. The van der Waals surface area contributed by atoms with Crippen molar-refractivity contribution in [2.45, 2.75) is 19.4 Å². The predicted octanol–water partition coefficient (Wildman–Crippen LogP) is 1.02. The van der Waals surface area contributed by atoms with Crippen molar-refractivity contribution >= 4 is 17.3 Å². The molecule has 1 amide bonds. The summed E-state index contributed by atoms with van der Waals surface area (Å²) in [6.45, 7) is 2.66. The van der Waals surface area contributed by atoms with Gasteiger partial charge in [-0.25, -0.2) is 0 Å². The van der Waals surface area contributed by atoms with Crippen LogP contribution in [0.25, 0.3) is 0 Å². The Hall–Kier alpha value is -2.15. The van der Waals surface area contributed by atoms with E-state index < -0.39 is 11.0 Å². The molecule has 1 heterocycles. The zero-order valence-corrected chi connectivity index (χ0v) is 11.2. The summed E-state index contributed by atoms with van der Waals surface area (Å²) in [4.78, 5) is 24.1. The number of likely N-dealkylation sites (tertiary alicyclic amines) is 1. The molecule has 7 heteroatoms. The second kappa shape index (κ2) is 5.46. The number of anilines is 1. The Morgan fingerprint density at radius 2 is 2.30 bits per heavy atom. The Morgan fingerprint density at radius 3 is 2.85 bits per heavy atom. The van der Waals surface area contributed by atoms with Gasteiger partial charge in [-0.05, 0) is 19.4 Å². The Balaban J connectivity index is 2.21. The first kappa shape index (κ1) is 14.3. The molecule has 0 radical (unpaired) electrons. The van der Waals surface area contributed by atoms with Crippen molar-refractivity contribution < 1.29 is 14.8 Å². The number of benzene rings is 1. The van der Waals surface area contributed by atoms with Gasteiger partial charge in [-0.3, -0.25) is 14.9 Å². The van der Waals surface area contributed by atoms with Gasteiger partial charge in [0, 0.05) is 36.8 Å². The number of carbonyl (C=O) groups excluding carboxylic acids is 1. The summed E-state index contributed by atoms with van der Waals surface area (Å²) in [6.07, 6.45) is 0.244. The van der Waals surface area contributed by atoms with Crippen LogP contribution in [-0.2, 0) is 0 Å². The van der Waals surface area contributed by atoms with E-state index in [1.54, 1.807) is 11.8 Å². The number of hydrogen-bond acceptors (Lipinski definition) is 5. The van der Waals surface area contributed by atoms with Gasteiger partial charge >= 0.3 is 0 Å². The molecule has 20 heavy (non-hydrogen) atoms. The third-order valence-corrected chi connectivity index (χ3v) is 3.67. The molecule has 1 aromatic rings. The number of hydrogen-bond donors (Lipinski definition) is 2. The van der Waals surface area contributed by atoms with Crippen LogP contribution in [0.4, 0.5) is 11.4 Å². The average molecular weight is 279 g/mol. The molecule has 2 unspecified atom stereocenters. The van der Waals surface area contributed by atoms with E-state index in [1.807, 2.05) is 0 Å². The summed E-state index contributed by atoms with van der Waals surface area (Å²) < 4.78 is 0. The molecule has 1 aromatic carbocycles. The normalized spacial score (nSPS) is 19.9. The molecule has 1 aliphatic heterocycles. The largest absolute Gasteiger partial charge is 0.398 e. The standard InChI is InChI=1S/C13H17N3O4/c1-8(17)9-4-5-15(7-9)13(18)11-6-10(16(19)20)2-3-12(11)14/h2-3,6,8-9,17H,4-5,7,14H2,1H3. The average Bonchev–Trinajstić information content (AvgIpc) is 2.88. The number of amides is 1. The van der Waals surface area contributed by atoms with Crippen LogP contribution < -0.4 is 5.73 Å². The number of nitro groups is 1. The minimum atomic E-state index is -0.557. The number of non-ortho nitro benzene ring substituents is 1. The van der Waals surface area contributed by atoms with E-state index >= 15 is 0 Å². The van der Waals surface area contributed by atoms with Crippen molar-refractivity contribution in [3.63, 3.8) is 0 Å². The second-order valence-corrected chi connectivity index (χ2v) is 5.07. The van der Waals surface area contributed by atoms with Gasteiger partial charge in [0.05, 0.1) is 16.6 Å². The molecule has 1 aliphatic rings. The highest BCUT2D eigenvalue weighted by molar-refractivity contribution is 5.99. The van der Waals surface area contributed by atoms with Crippen LogP contribution in [0.5, 0.6) is 0 Å². The summed E-state index contributed by atoms with van der Waals surface area (Å²) in [5.74, 6) is -0.284. The Labute approximate surface area is 116 Å². The fourth-order valence-electron chi connectivity index (χ4n) is 2.38. The van der Waals surface area contributed by atoms with Crippen molar-refractivity contribution in [3.8, 4) is 0 Å². The van der Waals surface area contributed by atoms with Gasteiger partial charge in [0.1, 0.15) is 0 Å². The fraction of sp³-hybridized carbons (Fsp3) is 0.462. The van der Waals surface area contributed by atoms with Crippen LogP contribution in [0, 0.1) is 16.0 Å². The number of nitro benzene ring substituents is 1. The number of nitrogens with two attached hydrogens (primary N) is 1. The fourth-order valence-corrected chi connectivity index (χ4v) is 2.38. The van der Waals surface area contributed by atoms with Crippen LogP contribution in [-0.4, -0.2) is 40.0 Å². The van der Waals surface area contributed by atoms with Crippen molar-refractivity contribution in [1.29, 1.82) is 0 Å². The molecule has 0 aromatic heterocycles. The monoisotopic (exact) mass is 279 g/mol. The van der Waals surface area contributed by atoms with E-state index in [-0.39, 0.29) is 28.8 Å². The minimum Gasteiger partial charge on any atom is -0.398 e. The van der Waals surface area contributed by atoms with Crippen molar-refractivity contribution in [2.24, 2.45) is 5.92 Å². The van der Waals surface area contributed by atoms with Gasteiger partial charge in [0.15, 0.2) is 0 Å². The molecule has 108 valence electrons. The third-order valence-electron chi connectivity index (χ3n) is 3.67. The smallest absolute Gasteiger partial charge is 0.270 e. The molecule has 1 fully saturated rings. The van der Waals surface area contributed by atoms with Crippen molar-refractivity contribution in [3.05, 3.63) is 33.9 Å². The number of nitrogen functional groups attached to an aromatic ring is 1. The number of rotatable bonds is 3. The van der Waals surface area contributed by atoms with E-state index in [4.69, 9.17) is 5.73 Å². The summed E-state index contributed by atoms with van der Waals surface area (Å²) in [7, 11) is 0. The Kier molecular flexibility index (Phi) is 3.89. The third kappa shape index (κ3) is 2.72. The van der Waals surface area contributed by atoms with E-state index in [9.17, 15) is 20.0 Å². The lowest BCUT2D eigenvalue weighted by molar-refractivity contribution is -0.384. The van der Waals surface area contributed by atoms with Crippen molar-refractivity contribution in [2.75, 3.05) is 18.8 Å². The van der Waals surface area contributed by atoms with E-state index in [2.05, 4.69) is 0 Å².